The van der Waals surface area contributed by atoms with Gasteiger partial charge in [-0.2, -0.15) is 0 Å². The summed E-state index contributed by atoms with van der Waals surface area (Å²) in [6.07, 6.45) is 1.41. The van der Waals surface area contributed by atoms with E-state index >= 15 is 0 Å². The van der Waals surface area contributed by atoms with Crippen LogP contribution in [0, 0.1) is 17.0 Å². The quantitative estimate of drug-likeness (QED) is 0.488. The molecule has 134 valence electrons. The number of hydrogen-bond acceptors (Lipinski definition) is 5. The van der Waals surface area contributed by atoms with Crippen molar-refractivity contribution in [1.82, 2.24) is 0 Å². The number of amides is 1. The number of hydrogen-bond donors (Lipinski definition) is 1. The Labute approximate surface area is 150 Å². The van der Waals surface area contributed by atoms with E-state index in [1.807, 2.05) is 30.3 Å². The first-order chi connectivity index (χ1) is 12.4. The Morgan fingerprint density at radius 3 is 2.46 bits per heavy atom. The van der Waals surface area contributed by atoms with Crippen LogP contribution in [0.2, 0.25) is 0 Å². The third-order valence-corrected chi connectivity index (χ3v) is 4.50. The minimum Gasteiger partial charge on any atom is -0.455 e. The van der Waals surface area contributed by atoms with Crippen LogP contribution in [0.15, 0.2) is 48.5 Å². The molecular weight excluding hydrogens is 336 g/mol. The second kappa shape index (κ2) is 6.95. The second-order valence-electron chi connectivity index (χ2n) is 6.33. The first-order valence-electron chi connectivity index (χ1n) is 8.20. The van der Waals surface area contributed by atoms with Crippen molar-refractivity contribution in [2.24, 2.45) is 0 Å². The maximum Gasteiger partial charge on any atom is 0.317 e. The van der Waals surface area contributed by atoms with Crippen LogP contribution in [0.1, 0.15) is 24.0 Å². The van der Waals surface area contributed by atoms with Crippen LogP contribution >= 0.6 is 0 Å². The van der Waals surface area contributed by atoms with Crippen molar-refractivity contribution in [3.8, 4) is 0 Å². The molecule has 0 aliphatic heterocycles. The lowest BCUT2D eigenvalue weighted by Crippen LogP contribution is -2.28. The maximum absolute atomic E-state index is 12.4. The van der Waals surface area contributed by atoms with E-state index in [0.29, 0.717) is 24.1 Å². The fourth-order valence-electron chi connectivity index (χ4n) is 2.85. The van der Waals surface area contributed by atoms with Crippen LogP contribution in [0.5, 0.6) is 0 Å². The minimum atomic E-state index is -0.634. The molecule has 7 nitrogen and oxygen atoms in total. The molecule has 0 saturated heterocycles. The zero-order chi connectivity index (χ0) is 18.7. The molecule has 0 unspecified atom stereocenters. The van der Waals surface area contributed by atoms with Crippen LogP contribution in [-0.4, -0.2) is 23.4 Å². The molecule has 1 fully saturated rings. The molecule has 0 radical (unpaired) electrons. The summed E-state index contributed by atoms with van der Waals surface area (Å²) in [5.74, 6) is -0.890. The predicted octanol–water partition coefficient (Wildman–Crippen LogP) is 3.12. The van der Waals surface area contributed by atoms with Gasteiger partial charge < -0.3 is 10.1 Å². The number of carbonyl (C=O) groups excluding carboxylic acids is 2. The van der Waals surface area contributed by atoms with Crippen molar-refractivity contribution in [2.75, 3.05) is 11.9 Å². The second-order valence-corrected chi connectivity index (χ2v) is 6.33. The van der Waals surface area contributed by atoms with Gasteiger partial charge in [0.15, 0.2) is 6.61 Å². The number of nitro groups is 1. The lowest BCUT2D eigenvalue weighted by Gasteiger charge is -2.15. The van der Waals surface area contributed by atoms with Crippen molar-refractivity contribution in [2.45, 2.75) is 25.2 Å². The largest absolute Gasteiger partial charge is 0.455 e. The van der Waals surface area contributed by atoms with Gasteiger partial charge in [0, 0.05) is 17.8 Å². The molecule has 26 heavy (non-hydrogen) atoms. The molecule has 1 aliphatic carbocycles. The molecule has 3 rings (SSSR count). The van der Waals surface area contributed by atoms with E-state index in [1.54, 1.807) is 6.92 Å². The van der Waals surface area contributed by atoms with Crippen LogP contribution in [0.3, 0.4) is 0 Å². The Hall–Kier alpha value is -3.22. The first-order valence-corrected chi connectivity index (χ1v) is 8.20. The Morgan fingerprint density at radius 1 is 1.19 bits per heavy atom. The van der Waals surface area contributed by atoms with Crippen LogP contribution in [0.4, 0.5) is 11.4 Å². The average molecular weight is 354 g/mol. The van der Waals surface area contributed by atoms with E-state index in [1.165, 1.54) is 18.2 Å². The molecule has 1 N–H and O–H groups in total. The molecule has 2 aromatic carbocycles. The van der Waals surface area contributed by atoms with E-state index in [9.17, 15) is 19.7 Å². The topological polar surface area (TPSA) is 98.5 Å². The molecule has 7 heteroatoms. The van der Waals surface area contributed by atoms with E-state index in [4.69, 9.17) is 4.74 Å². The van der Waals surface area contributed by atoms with Crippen molar-refractivity contribution < 1.29 is 19.2 Å². The van der Waals surface area contributed by atoms with Crippen LogP contribution in [-0.2, 0) is 19.7 Å². The Morgan fingerprint density at radius 2 is 1.88 bits per heavy atom. The van der Waals surface area contributed by atoms with Crippen LogP contribution in [0.25, 0.3) is 0 Å². The number of nitrogens with zero attached hydrogens (tertiary/aromatic N) is 1. The van der Waals surface area contributed by atoms with Gasteiger partial charge in [-0.1, -0.05) is 30.3 Å². The normalized spacial score (nSPS) is 14.3. The Balaban J connectivity index is 1.58. The number of nitro benzene ring substituents is 1. The number of rotatable bonds is 6. The van der Waals surface area contributed by atoms with Gasteiger partial charge in [0.1, 0.15) is 0 Å². The molecule has 0 bridgehead atoms. The SMILES string of the molecule is Cc1cc([N+](=O)[O-])ccc1NC(=O)COC(=O)C1(c2ccccc2)CC1. The number of non-ortho nitro benzene ring substituents is 1. The molecule has 0 spiro atoms. The minimum absolute atomic E-state index is 0.0505. The molecule has 2 aromatic rings. The number of ether oxygens (including phenoxy) is 1. The average Bonchev–Trinajstić information content (AvgIpc) is 3.44. The highest BCUT2D eigenvalue weighted by atomic mass is 16.6. The molecule has 0 aromatic heterocycles. The standard InChI is InChI=1S/C19H18N2O5/c1-13-11-15(21(24)25)7-8-16(13)20-17(22)12-26-18(23)19(9-10-19)14-5-3-2-4-6-14/h2-8,11H,9-10,12H2,1H3,(H,20,22). The van der Waals surface area contributed by atoms with Gasteiger partial charge in [-0.05, 0) is 37.0 Å². The van der Waals surface area contributed by atoms with Gasteiger partial charge >= 0.3 is 5.97 Å². The Bertz CT molecular complexity index is 859. The van der Waals surface area contributed by atoms with Crippen molar-refractivity contribution in [3.05, 3.63) is 69.8 Å². The number of anilines is 1. The van der Waals surface area contributed by atoms with Gasteiger partial charge in [-0.3, -0.25) is 19.7 Å². The van der Waals surface area contributed by atoms with E-state index < -0.39 is 28.8 Å². The number of carbonyl (C=O) groups is 2. The Kier molecular flexibility index (Phi) is 4.71. The zero-order valence-corrected chi connectivity index (χ0v) is 14.2. The lowest BCUT2D eigenvalue weighted by atomic mass is 9.96. The maximum atomic E-state index is 12.4. The van der Waals surface area contributed by atoms with Gasteiger partial charge in [0.05, 0.1) is 10.3 Å². The third-order valence-electron chi connectivity index (χ3n) is 4.50. The number of nitrogens with one attached hydrogen (secondary N) is 1. The number of esters is 1. The fourth-order valence-corrected chi connectivity index (χ4v) is 2.85. The van der Waals surface area contributed by atoms with E-state index in [0.717, 1.165) is 5.56 Å². The monoisotopic (exact) mass is 354 g/mol. The summed E-state index contributed by atoms with van der Waals surface area (Å²) in [5.41, 5.74) is 1.22. The highest BCUT2D eigenvalue weighted by molar-refractivity contribution is 5.95. The summed E-state index contributed by atoms with van der Waals surface area (Å²) in [6.45, 7) is 1.26. The van der Waals surface area contributed by atoms with Crippen molar-refractivity contribution in [3.63, 3.8) is 0 Å². The molecule has 1 aliphatic rings. The van der Waals surface area contributed by atoms with Crippen molar-refractivity contribution in [1.29, 1.82) is 0 Å². The summed E-state index contributed by atoms with van der Waals surface area (Å²) < 4.78 is 5.20. The molecule has 0 atom stereocenters. The smallest absolute Gasteiger partial charge is 0.317 e. The zero-order valence-electron chi connectivity index (χ0n) is 14.2. The van der Waals surface area contributed by atoms with Crippen LogP contribution < -0.4 is 5.32 Å². The molecule has 1 saturated carbocycles. The number of benzene rings is 2. The lowest BCUT2D eigenvalue weighted by molar-refractivity contribution is -0.384. The summed E-state index contributed by atoms with van der Waals surface area (Å²) in [4.78, 5) is 34.7. The van der Waals surface area contributed by atoms with Crippen molar-refractivity contribution >= 4 is 23.3 Å². The molecule has 1 amide bonds. The number of aryl methyl sites for hydroxylation is 1. The summed E-state index contributed by atoms with van der Waals surface area (Å²) in [7, 11) is 0. The molecular formula is C19H18N2O5. The summed E-state index contributed by atoms with van der Waals surface area (Å²) >= 11 is 0. The third kappa shape index (κ3) is 3.56. The first kappa shape index (κ1) is 17.6. The van der Waals surface area contributed by atoms with Gasteiger partial charge in [-0.15, -0.1) is 0 Å². The molecule has 0 heterocycles. The highest BCUT2D eigenvalue weighted by Crippen LogP contribution is 2.49. The fraction of sp³-hybridized carbons (Fsp3) is 0.263. The van der Waals surface area contributed by atoms with Gasteiger partial charge in [0.2, 0.25) is 0 Å². The predicted molar refractivity (Wildman–Crippen MR) is 94.8 cm³/mol. The highest BCUT2D eigenvalue weighted by Gasteiger charge is 2.52. The van der Waals surface area contributed by atoms with E-state index in [-0.39, 0.29) is 5.69 Å². The van der Waals surface area contributed by atoms with Gasteiger partial charge in [0.25, 0.3) is 11.6 Å². The van der Waals surface area contributed by atoms with Gasteiger partial charge in [-0.25, -0.2) is 0 Å². The van der Waals surface area contributed by atoms with E-state index in [2.05, 4.69) is 5.32 Å². The summed E-state index contributed by atoms with van der Waals surface area (Å²) in [6, 6.07) is 13.5. The summed E-state index contributed by atoms with van der Waals surface area (Å²) in [5, 5.41) is 13.3.